The van der Waals surface area contributed by atoms with E-state index in [-0.39, 0.29) is 5.69 Å². The van der Waals surface area contributed by atoms with Crippen LogP contribution in [0.5, 0.6) is 0 Å². The van der Waals surface area contributed by atoms with Gasteiger partial charge in [0.05, 0.1) is 6.33 Å². The number of anilines is 1. The van der Waals surface area contributed by atoms with Gasteiger partial charge in [-0.15, -0.1) is 0 Å². The van der Waals surface area contributed by atoms with E-state index in [0.717, 1.165) is 0 Å². The molecule has 8 nitrogen and oxygen atoms in total. The zero-order valence-corrected chi connectivity index (χ0v) is 8.49. The average molecular weight is 227 g/mol. The molecule has 0 saturated carbocycles. The van der Waals surface area contributed by atoms with E-state index in [2.05, 4.69) is 20.6 Å². The molecule has 0 aromatic carbocycles. The Kier molecular flexibility index (Phi) is 4.13. The summed E-state index contributed by atoms with van der Waals surface area (Å²) in [6.07, 6.45) is 0.882. The molecule has 88 valence electrons. The first kappa shape index (κ1) is 11.8. The van der Waals surface area contributed by atoms with Crippen molar-refractivity contribution in [2.24, 2.45) is 5.73 Å². The van der Waals surface area contributed by atoms with Gasteiger partial charge in [0.1, 0.15) is 5.69 Å². The number of nitrogens with zero attached hydrogens (tertiary/aromatic N) is 1. The van der Waals surface area contributed by atoms with Gasteiger partial charge in [0.25, 0.3) is 5.91 Å². The second-order valence-corrected chi connectivity index (χ2v) is 3.00. The Morgan fingerprint density at radius 2 is 2.25 bits per heavy atom. The lowest BCUT2D eigenvalue weighted by molar-refractivity contribution is 0.0997. The summed E-state index contributed by atoms with van der Waals surface area (Å²) in [4.78, 5) is 27.5. The number of aromatic nitrogens is 2. The molecular formula is C8H13N5O3. The third-order valence-electron chi connectivity index (χ3n) is 1.81. The molecular weight excluding hydrogens is 214 g/mol. The van der Waals surface area contributed by atoms with E-state index >= 15 is 0 Å². The zero-order valence-electron chi connectivity index (χ0n) is 8.49. The fourth-order valence-electron chi connectivity index (χ4n) is 1.11. The summed E-state index contributed by atoms with van der Waals surface area (Å²) < 4.78 is 0. The Morgan fingerprint density at radius 1 is 1.50 bits per heavy atom. The minimum atomic E-state index is -1.06. The molecule has 0 saturated heterocycles. The van der Waals surface area contributed by atoms with Crippen molar-refractivity contribution in [3.05, 3.63) is 12.0 Å². The van der Waals surface area contributed by atoms with E-state index in [0.29, 0.717) is 25.3 Å². The molecule has 0 fully saturated rings. The molecule has 1 heterocycles. The molecule has 1 aromatic rings. The maximum atomic E-state index is 10.9. The summed E-state index contributed by atoms with van der Waals surface area (Å²) in [6.45, 7) is 0.823. The molecule has 0 radical (unpaired) electrons. The standard InChI is InChI=1S/C8H13N5O3/c9-6(14)5-7(13-4-12-5)10-2-1-3-11-8(15)16/h4,10-11H,1-3H2,(H2,9,14)(H,12,13)(H,15,16). The summed E-state index contributed by atoms with van der Waals surface area (Å²) in [5.41, 5.74) is 5.30. The quantitative estimate of drug-likeness (QED) is 0.421. The van der Waals surface area contributed by atoms with Gasteiger partial charge in [0, 0.05) is 13.1 Å². The van der Waals surface area contributed by atoms with E-state index in [1.807, 2.05) is 0 Å². The minimum absolute atomic E-state index is 0.214. The van der Waals surface area contributed by atoms with Crippen LogP contribution in [0.15, 0.2) is 6.33 Å². The number of aromatic amines is 1. The van der Waals surface area contributed by atoms with Gasteiger partial charge in [-0.2, -0.15) is 0 Å². The van der Waals surface area contributed by atoms with Gasteiger partial charge in [-0.25, -0.2) is 9.78 Å². The van der Waals surface area contributed by atoms with Crippen molar-refractivity contribution in [2.75, 3.05) is 18.4 Å². The molecule has 0 aliphatic carbocycles. The highest BCUT2D eigenvalue weighted by Crippen LogP contribution is 2.07. The molecule has 8 heteroatoms. The number of primary amides is 1. The van der Waals surface area contributed by atoms with Gasteiger partial charge in [-0.3, -0.25) is 4.79 Å². The molecule has 0 aliphatic rings. The average Bonchev–Trinajstić information content (AvgIpc) is 2.65. The summed E-state index contributed by atoms with van der Waals surface area (Å²) >= 11 is 0. The van der Waals surface area contributed by atoms with Crippen molar-refractivity contribution < 1.29 is 14.7 Å². The molecule has 1 rings (SSSR count). The number of rotatable bonds is 6. The van der Waals surface area contributed by atoms with Gasteiger partial charge in [-0.05, 0) is 6.42 Å². The molecule has 16 heavy (non-hydrogen) atoms. The van der Waals surface area contributed by atoms with Crippen LogP contribution < -0.4 is 16.4 Å². The first-order valence-electron chi connectivity index (χ1n) is 4.65. The van der Waals surface area contributed by atoms with Gasteiger partial charge >= 0.3 is 6.09 Å². The van der Waals surface area contributed by atoms with Crippen LogP contribution in [-0.2, 0) is 0 Å². The van der Waals surface area contributed by atoms with Crippen molar-refractivity contribution in [2.45, 2.75) is 6.42 Å². The predicted molar refractivity (Wildman–Crippen MR) is 56.2 cm³/mol. The van der Waals surface area contributed by atoms with Crippen molar-refractivity contribution in [3.63, 3.8) is 0 Å². The van der Waals surface area contributed by atoms with E-state index in [9.17, 15) is 9.59 Å². The molecule has 0 bridgehead atoms. The highest BCUT2D eigenvalue weighted by Gasteiger charge is 2.09. The summed E-state index contributed by atoms with van der Waals surface area (Å²) in [5.74, 6) is -0.216. The summed E-state index contributed by atoms with van der Waals surface area (Å²) in [7, 11) is 0. The predicted octanol–water partition coefficient (Wildman–Crippen LogP) is -0.422. The minimum Gasteiger partial charge on any atom is -0.465 e. The molecule has 0 atom stereocenters. The smallest absolute Gasteiger partial charge is 0.404 e. The van der Waals surface area contributed by atoms with Crippen LogP contribution in [0.3, 0.4) is 0 Å². The number of nitrogens with two attached hydrogens (primary N) is 1. The summed E-state index contributed by atoms with van der Waals surface area (Å²) in [5, 5.41) is 13.4. The van der Waals surface area contributed by atoms with E-state index < -0.39 is 12.0 Å². The highest BCUT2D eigenvalue weighted by atomic mass is 16.4. The van der Waals surface area contributed by atoms with Crippen molar-refractivity contribution in [1.82, 2.24) is 15.3 Å². The lowest BCUT2D eigenvalue weighted by Crippen LogP contribution is -2.24. The van der Waals surface area contributed by atoms with Gasteiger partial charge in [0.2, 0.25) is 0 Å². The Morgan fingerprint density at radius 3 is 2.88 bits per heavy atom. The van der Waals surface area contributed by atoms with Crippen molar-refractivity contribution >= 4 is 17.8 Å². The van der Waals surface area contributed by atoms with Crippen LogP contribution in [0.4, 0.5) is 10.6 Å². The monoisotopic (exact) mass is 227 g/mol. The lowest BCUT2D eigenvalue weighted by Gasteiger charge is -2.04. The number of amides is 2. The first-order valence-corrected chi connectivity index (χ1v) is 4.65. The van der Waals surface area contributed by atoms with Gasteiger partial charge in [0.15, 0.2) is 5.82 Å². The number of hydrogen-bond donors (Lipinski definition) is 5. The molecule has 1 aromatic heterocycles. The van der Waals surface area contributed by atoms with E-state index in [4.69, 9.17) is 10.8 Å². The van der Waals surface area contributed by atoms with Crippen LogP contribution in [0.2, 0.25) is 0 Å². The zero-order chi connectivity index (χ0) is 12.0. The number of carbonyl (C=O) groups is 2. The Hall–Kier alpha value is -2.25. The van der Waals surface area contributed by atoms with Crippen LogP contribution in [-0.4, -0.2) is 40.2 Å². The van der Waals surface area contributed by atoms with Crippen molar-refractivity contribution in [3.8, 4) is 0 Å². The number of H-pyrrole nitrogens is 1. The Bertz CT molecular complexity index is 376. The van der Waals surface area contributed by atoms with Crippen LogP contribution >= 0.6 is 0 Å². The number of nitrogens with one attached hydrogen (secondary N) is 3. The van der Waals surface area contributed by atoms with E-state index in [1.165, 1.54) is 6.33 Å². The van der Waals surface area contributed by atoms with Crippen LogP contribution in [0.1, 0.15) is 16.9 Å². The molecule has 0 unspecified atom stereocenters. The second-order valence-electron chi connectivity index (χ2n) is 3.00. The Balaban J connectivity index is 2.29. The third-order valence-corrected chi connectivity index (χ3v) is 1.81. The molecule has 2 amide bonds. The number of imidazole rings is 1. The largest absolute Gasteiger partial charge is 0.465 e. The number of hydrogen-bond acceptors (Lipinski definition) is 4. The fourth-order valence-corrected chi connectivity index (χ4v) is 1.11. The molecule has 0 spiro atoms. The normalized spacial score (nSPS) is 9.75. The Labute approximate surface area is 91.2 Å². The maximum Gasteiger partial charge on any atom is 0.404 e. The highest BCUT2D eigenvalue weighted by molar-refractivity contribution is 5.95. The lowest BCUT2D eigenvalue weighted by atomic mass is 10.4. The van der Waals surface area contributed by atoms with E-state index in [1.54, 1.807) is 0 Å². The fraction of sp³-hybridized carbons (Fsp3) is 0.375. The van der Waals surface area contributed by atoms with Crippen LogP contribution in [0.25, 0.3) is 0 Å². The summed E-state index contributed by atoms with van der Waals surface area (Å²) in [6, 6.07) is 0. The second kappa shape index (κ2) is 5.59. The van der Waals surface area contributed by atoms with Gasteiger partial charge in [-0.1, -0.05) is 0 Å². The molecule has 6 N–H and O–H groups in total. The first-order chi connectivity index (χ1) is 7.61. The third kappa shape index (κ3) is 3.48. The number of carbonyl (C=O) groups excluding carboxylic acids is 1. The maximum absolute atomic E-state index is 10.9. The SMILES string of the molecule is NC(=O)c1[nH]cnc1NCCCNC(=O)O. The number of carboxylic acid groups (broad SMARTS) is 1. The topological polar surface area (TPSA) is 133 Å². The molecule has 0 aliphatic heterocycles. The van der Waals surface area contributed by atoms with Crippen LogP contribution in [0, 0.1) is 0 Å². The van der Waals surface area contributed by atoms with Gasteiger partial charge < -0.3 is 26.5 Å². The van der Waals surface area contributed by atoms with Crippen molar-refractivity contribution in [1.29, 1.82) is 0 Å².